The number of nitrogens with two attached hydrogens (primary N) is 1. The van der Waals surface area contributed by atoms with E-state index in [1.165, 1.54) is 12.8 Å². The Morgan fingerprint density at radius 2 is 2.33 bits per heavy atom. The van der Waals surface area contributed by atoms with Gasteiger partial charge in [0, 0.05) is 6.04 Å². The van der Waals surface area contributed by atoms with Crippen LogP contribution in [0.4, 0.5) is 0 Å². The van der Waals surface area contributed by atoms with Crippen LogP contribution in [0.15, 0.2) is 18.2 Å². The first-order chi connectivity index (χ1) is 8.68. The number of hydrogen-bond acceptors (Lipinski definition) is 3. The fraction of sp³-hybridized carbons (Fsp3) is 0.462. The Hall–Kier alpha value is -1.26. The molecule has 0 aliphatic carbocycles. The molecular weight excluding hydrogens is 252 g/mol. The Morgan fingerprint density at radius 3 is 3.00 bits per heavy atom. The lowest BCUT2D eigenvalue weighted by Crippen LogP contribution is -2.38. The molecule has 0 spiro atoms. The Labute approximate surface area is 111 Å². The van der Waals surface area contributed by atoms with E-state index in [1.807, 2.05) is 0 Å². The summed E-state index contributed by atoms with van der Waals surface area (Å²) in [5.74, 6) is -0.102. The summed E-state index contributed by atoms with van der Waals surface area (Å²) in [4.78, 5) is 11.3. The topological polar surface area (TPSA) is 64.4 Å². The molecule has 0 bridgehead atoms. The summed E-state index contributed by atoms with van der Waals surface area (Å²) in [5.41, 5.74) is 5.56. The number of ether oxygens (including phenoxy) is 1. The van der Waals surface area contributed by atoms with Gasteiger partial charge in [-0.1, -0.05) is 24.1 Å². The van der Waals surface area contributed by atoms with Crippen molar-refractivity contribution in [2.75, 3.05) is 13.2 Å². The highest BCUT2D eigenvalue weighted by Crippen LogP contribution is 2.26. The molecule has 1 aliphatic heterocycles. The number of primary amides is 1. The van der Waals surface area contributed by atoms with Crippen LogP contribution in [-0.2, 0) is 0 Å². The largest absolute Gasteiger partial charge is 0.491 e. The van der Waals surface area contributed by atoms with Gasteiger partial charge in [0.15, 0.2) is 0 Å². The van der Waals surface area contributed by atoms with Gasteiger partial charge in [0.25, 0.3) is 5.91 Å². The molecular formula is C13H17ClN2O2. The molecule has 18 heavy (non-hydrogen) atoms. The Morgan fingerprint density at radius 1 is 1.50 bits per heavy atom. The van der Waals surface area contributed by atoms with E-state index in [1.54, 1.807) is 18.2 Å². The van der Waals surface area contributed by atoms with Crippen LogP contribution in [0.2, 0.25) is 5.02 Å². The SMILES string of the molecule is NC(=O)c1c(Cl)cccc1OCC1CCCCN1. The van der Waals surface area contributed by atoms with E-state index < -0.39 is 5.91 Å². The Bertz CT molecular complexity index is 431. The van der Waals surface area contributed by atoms with Gasteiger partial charge in [-0.05, 0) is 31.5 Å². The van der Waals surface area contributed by atoms with Crippen LogP contribution in [0.1, 0.15) is 29.6 Å². The van der Waals surface area contributed by atoms with Crippen molar-refractivity contribution in [2.24, 2.45) is 5.73 Å². The van der Waals surface area contributed by atoms with Crippen molar-refractivity contribution in [1.29, 1.82) is 0 Å². The van der Waals surface area contributed by atoms with Crippen LogP contribution in [0, 0.1) is 0 Å². The quantitative estimate of drug-likeness (QED) is 0.877. The third-order valence-corrected chi connectivity index (χ3v) is 3.39. The number of halogens is 1. The summed E-state index contributed by atoms with van der Waals surface area (Å²) in [6.07, 6.45) is 3.51. The third-order valence-electron chi connectivity index (χ3n) is 3.07. The maximum Gasteiger partial charge on any atom is 0.253 e. The van der Waals surface area contributed by atoms with Gasteiger partial charge in [-0.3, -0.25) is 4.79 Å². The van der Waals surface area contributed by atoms with E-state index >= 15 is 0 Å². The third kappa shape index (κ3) is 3.15. The van der Waals surface area contributed by atoms with Crippen LogP contribution < -0.4 is 15.8 Å². The summed E-state index contributed by atoms with van der Waals surface area (Å²) in [5, 5.41) is 3.71. The number of carbonyl (C=O) groups is 1. The Kier molecular flexibility index (Phi) is 4.44. The molecule has 0 aromatic heterocycles. The molecule has 1 saturated heterocycles. The molecule has 1 heterocycles. The number of carbonyl (C=O) groups excluding carboxylic acids is 1. The first kappa shape index (κ1) is 13.2. The fourth-order valence-corrected chi connectivity index (χ4v) is 2.38. The lowest BCUT2D eigenvalue weighted by molar-refractivity contribution is 0.0995. The van der Waals surface area contributed by atoms with Crippen molar-refractivity contribution in [3.8, 4) is 5.75 Å². The zero-order valence-electron chi connectivity index (χ0n) is 10.1. The Balaban J connectivity index is 2.04. The summed E-state index contributed by atoms with van der Waals surface area (Å²) < 4.78 is 5.67. The number of hydrogen-bond donors (Lipinski definition) is 2. The molecule has 3 N–H and O–H groups in total. The van der Waals surface area contributed by atoms with Gasteiger partial charge in [0.2, 0.25) is 0 Å². The minimum atomic E-state index is -0.563. The molecule has 1 atom stereocenters. The van der Waals surface area contributed by atoms with E-state index in [-0.39, 0.29) is 5.56 Å². The molecule has 1 amide bonds. The first-order valence-electron chi connectivity index (χ1n) is 6.13. The van der Waals surface area contributed by atoms with Gasteiger partial charge in [0.05, 0.1) is 10.6 Å². The second-order valence-electron chi connectivity index (χ2n) is 4.44. The summed E-state index contributed by atoms with van der Waals surface area (Å²) in [6, 6.07) is 5.43. The van der Waals surface area contributed by atoms with Crippen molar-refractivity contribution in [3.05, 3.63) is 28.8 Å². The van der Waals surface area contributed by atoms with E-state index in [2.05, 4.69) is 5.32 Å². The van der Waals surface area contributed by atoms with Gasteiger partial charge >= 0.3 is 0 Å². The van der Waals surface area contributed by atoms with Gasteiger partial charge in [-0.15, -0.1) is 0 Å². The fourth-order valence-electron chi connectivity index (χ4n) is 2.12. The monoisotopic (exact) mass is 268 g/mol. The smallest absolute Gasteiger partial charge is 0.253 e. The van der Waals surface area contributed by atoms with Crippen LogP contribution >= 0.6 is 11.6 Å². The van der Waals surface area contributed by atoms with Gasteiger partial charge < -0.3 is 15.8 Å². The second-order valence-corrected chi connectivity index (χ2v) is 4.84. The lowest BCUT2D eigenvalue weighted by Gasteiger charge is -2.24. The van der Waals surface area contributed by atoms with Crippen molar-refractivity contribution in [3.63, 3.8) is 0 Å². The summed E-state index contributed by atoms with van der Waals surface area (Å²) in [7, 11) is 0. The average Bonchev–Trinajstić information content (AvgIpc) is 2.37. The number of nitrogens with one attached hydrogen (secondary N) is 1. The number of amides is 1. The highest BCUT2D eigenvalue weighted by Gasteiger charge is 2.17. The van der Waals surface area contributed by atoms with Crippen LogP contribution in [-0.4, -0.2) is 25.1 Å². The van der Waals surface area contributed by atoms with Crippen LogP contribution in [0.25, 0.3) is 0 Å². The standard InChI is InChI=1S/C13H17ClN2O2/c14-10-5-3-6-11(12(10)13(15)17)18-8-9-4-1-2-7-16-9/h3,5-6,9,16H,1-2,4,7-8H2,(H2,15,17). The summed E-state index contributed by atoms with van der Waals surface area (Å²) >= 11 is 5.95. The van der Waals surface area contributed by atoms with Crippen LogP contribution in [0.3, 0.4) is 0 Å². The van der Waals surface area contributed by atoms with E-state index in [0.29, 0.717) is 23.4 Å². The van der Waals surface area contributed by atoms with Crippen molar-refractivity contribution < 1.29 is 9.53 Å². The van der Waals surface area contributed by atoms with E-state index in [9.17, 15) is 4.79 Å². The highest BCUT2D eigenvalue weighted by atomic mass is 35.5. The van der Waals surface area contributed by atoms with Gasteiger partial charge in [-0.2, -0.15) is 0 Å². The minimum Gasteiger partial charge on any atom is -0.491 e. The van der Waals surface area contributed by atoms with Crippen molar-refractivity contribution in [1.82, 2.24) is 5.32 Å². The normalized spacial score (nSPS) is 19.5. The molecule has 5 heteroatoms. The van der Waals surface area contributed by atoms with E-state index in [0.717, 1.165) is 13.0 Å². The zero-order chi connectivity index (χ0) is 13.0. The number of rotatable bonds is 4. The average molecular weight is 269 g/mol. The maximum atomic E-state index is 11.3. The number of piperidine rings is 1. The molecule has 0 saturated carbocycles. The molecule has 2 rings (SSSR count). The highest BCUT2D eigenvalue weighted by molar-refractivity contribution is 6.34. The van der Waals surface area contributed by atoms with Gasteiger partial charge in [0.1, 0.15) is 12.4 Å². The molecule has 1 aliphatic rings. The second kappa shape index (κ2) is 6.07. The molecule has 1 fully saturated rings. The molecule has 1 unspecified atom stereocenters. The zero-order valence-corrected chi connectivity index (χ0v) is 10.9. The van der Waals surface area contributed by atoms with Crippen molar-refractivity contribution in [2.45, 2.75) is 25.3 Å². The lowest BCUT2D eigenvalue weighted by atomic mass is 10.1. The predicted molar refractivity (Wildman–Crippen MR) is 71.1 cm³/mol. The predicted octanol–water partition coefficient (Wildman–Crippen LogP) is 1.96. The molecule has 98 valence electrons. The van der Waals surface area contributed by atoms with Gasteiger partial charge in [-0.25, -0.2) is 0 Å². The maximum absolute atomic E-state index is 11.3. The molecule has 4 nitrogen and oxygen atoms in total. The molecule has 1 aromatic rings. The number of benzene rings is 1. The van der Waals surface area contributed by atoms with Crippen molar-refractivity contribution >= 4 is 17.5 Å². The molecule has 1 aromatic carbocycles. The molecule has 0 radical (unpaired) electrons. The minimum absolute atomic E-state index is 0.259. The first-order valence-corrected chi connectivity index (χ1v) is 6.51. The van der Waals surface area contributed by atoms with E-state index in [4.69, 9.17) is 22.1 Å². The van der Waals surface area contributed by atoms with Crippen LogP contribution in [0.5, 0.6) is 5.75 Å². The summed E-state index contributed by atoms with van der Waals surface area (Å²) in [6.45, 7) is 1.55.